The zero-order valence-corrected chi connectivity index (χ0v) is 20.6. The van der Waals surface area contributed by atoms with Crippen molar-refractivity contribution in [1.82, 2.24) is 9.97 Å². The molecule has 36 heavy (non-hydrogen) atoms. The molecule has 0 aliphatic heterocycles. The third-order valence-corrected chi connectivity index (χ3v) is 7.40. The third-order valence-electron chi connectivity index (χ3n) is 6.19. The largest absolute Gasteiger partial charge is 0.465 e. The standard InChI is InChI=1S/C27H25N3O5S/c1-34-27(33)23-18-11-3-2-4-14-21(18)36-25(23)30-22(31)15-35-26(32)17-10-6-5-9-16(17)24-28-19-12-7-8-13-20(19)29-24/h5-10,12-13H,2-4,11,14-15H2,1H3,(H,28,29)(H,30,31). The minimum absolute atomic E-state index is 0.294. The smallest absolute Gasteiger partial charge is 0.341 e. The number of aryl methyl sites for hydroxylation is 1. The predicted molar refractivity (Wildman–Crippen MR) is 137 cm³/mol. The zero-order chi connectivity index (χ0) is 25.1. The number of anilines is 1. The summed E-state index contributed by atoms with van der Waals surface area (Å²) in [5, 5.41) is 3.20. The van der Waals surface area contributed by atoms with Crippen LogP contribution < -0.4 is 5.32 Å². The molecule has 0 atom stereocenters. The van der Waals surface area contributed by atoms with Gasteiger partial charge in [-0.3, -0.25) is 4.79 Å². The lowest BCUT2D eigenvalue weighted by Crippen LogP contribution is -2.22. The number of para-hydroxylation sites is 2. The summed E-state index contributed by atoms with van der Waals surface area (Å²) in [6.07, 6.45) is 4.79. The summed E-state index contributed by atoms with van der Waals surface area (Å²) in [7, 11) is 1.33. The number of esters is 2. The van der Waals surface area contributed by atoms with E-state index in [1.54, 1.807) is 24.3 Å². The van der Waals surface area contributed by atoms with Gasteiger partial charge in [0, 0.05) is 10.4 Å². The topological polar surface area (TPSA) is 110 Å². The van der Waals surface area contributed by atoms with Gasteiger partial charge in [0.25, 0.3) is 5.91 Å². The van der Waals surface area contributed by atoms with Crippen LogP contribution in [0.15, 0.2) is 48.5 Å². The normalized spacial score (nSPS) is 13.0. The fraction of sp³-hybridized carbons (Fsp3) is 0.259. The molecule has 0 unspecified atom stereocenters. The second-order valence-electron chi connectivity index (χ2n) is 8.53. The Bertz CT molecular complexity index is 1420. The maximum Gasteiger partial charge on any atom is 0.341 e. The molecule has 0 bridgehead atoms. The van der Waals surface area contributed by atoms with E-state index < -0.39 is 24.5 Å². The number of carbonyl (C=O) groups excluding carboxylic acids is 3. The summed E-state index contributed by atoms with van der Waals surface area (Å²) in [5.74, 6) is -1.10. The molecular weight excluding hydrogens is 478 g/mol. The molecule has 1 aliphatic rings. The number of nitrogens with zero attached hydrogens (tertiary/aromatic N) is 1. The summed E-state index contributed by atoms with van der Waals surface area (Å²) >= 11 is 1.39. The monoisotopic (exact) mass is 503 g/mol. The number of imidazole rings is 1. The number of fused-ring (bicyclic) bond motifs is 2. The highest BCUT2D eigenvalue weighted by Crippen LogP contribution is 2.38. The molecule has 0 saturated heterocycles. The summed E-state index contributed by atoms with van der Waals surface area (Å²) < 4.78 is 10.3. The summed E-state index contributed by atoms with van der Waals surface area (Å²) in [6.45, 7) is -0.490. The molecule has 0 spiro atoms. The van der Waals surface area contributed by atoms with E-state index in [1.807, 2.05) is 24.3 Å². The van der Waals surface area contributed by atoms with Crippen molar-refractivity contribution in [3.63, 3.8) is 0 Å². The predicted octanol–water partition coefficient (Wildman–Crippen LogP) is 5.14. The fourth-order valence-electron chi connectivity index (χ4n) is 4.47. The van der Waals surface area contributed by atoms with Gasteiger partial charge in [-0.25, -0.2) is 14.6 Å². The van der Waals surface area contributed by atoms with Gasteiger partial charge in [-0.15, -0.1) is 11.3 Å². The molecule has 0 radical (unpaired) electrons. The molecule has 2 aromatic heterocycles. The van der Waals surface area contributed by atoms with Crippen LogP contribution in [-0.4, -0.2) is 41.5 Å². The Morgan fingerprint density at radius 3 is 2.61 bits per heavy atom. The van der Waals surface area contributed by atoms with E-state index in [0.717, 1.165) is 53.6 Å². The number of ether oxygens (including phenoxy) is 2. The van der Waals surface area contributed by atoms with E-state index in [9.17, 15) is 14.4 Å². The Kier molecular flexibility index (Phi) is 6.81. The number of methoxy groups -OCH3 is 1. The van der Waals surface area contributed by atoms with E-state index in [0.29, 0.717) is 27.5 Å². The Balaban J connectivity index is 1.31. The Labute approximate surface area is 211 Å². The first-order chi connectivity index (χ1) is 17.5. The van der Waals surface area contributed by atoms with E-state index in [2.05, 4.69) is 15.3 Å². The van der Waals surface area contributed by atoms with E-state index in [-0.39, 0.29) is 0 Å². The molecule has 2 heterocycles. The van der Waals surface area contributed by atoms with Crippen LogP contribution in [0.4, 0.5) is 5.00 Å². The van der Waals surface area contributed by atoms with Crippen molar-refractivity contribution in [2.45, 2.75) is 32.1 Å². The van der Waals surface area contributed by atoms with E-state index in [1.165, 1.54) is 18.4 Å². The van der Waals surface area contributed by atoms with Crippen LogP contribution >= 0.6 is 11.3 Å². The quantitative estimate of drug-likeness (QED) is 0.278. The van der Waals surface area contributed by atoms with Crippen molar-refractivity contribution in [3.05, 3.63) is 70.1 Å². The lowest BCUT2D eigenvalue weighted by atomic mass is 10.1. The minimum atomic E-state index is -0.642. The number of carbonyl (C=O) groups is 3. The van der Waals surface area contributed by atoms with Gasteiger partial charge < -0.3 is 19.8 Å². The number of aromatic amines is 1. The maximum atomic E-state index is 12.9. The molecule has 1 amide bonds. The van der Waals surface area contributed by atoms with Crippen LogP contribution in [-0.2, 0) is 27.1 Å². The SMILES string of the molecule is COC(=O)c1c(NC(=O)COC(=O)c2ccccc2-c2nc3ccccc3[nH]2)sc2c1CCCCC2. The molecular formula is C27H25N3O5S. The molecule has 0 saturated carbocycles. The van der Waals surface area contributed by atoms with Gasteiger partial charge in [-0.2, -0.15) is 0 Å². The number of H-pyrrole nitrogens is 1. The van der Waals surface area contributed by atoms with Crippen LogP contribution in [0.1, 0.15) is 50.4 Å². The highest BCUT2D eigenvalue weighted by atomic mass is 32.1. The number of benzene rings is 2. The number of hydrogen-bond acceptors (Lipinski definition) is 7. The van der Waals surface area contributed by atoms with Gasteiger partial charge in [0.1, 0.15) is 10.8 Å². The molecule has 9 heteroatoms. The molecule has 0 fully saturated rings. The molecule has 8 nitrogen and oxygen atoms in total. The van der Waals surface area contributed by atoms with E-state index in [4.69, 9.17) is 9.47 Å². The average Bonchev–Trinajstić information content (AvgIpc) is 3.40. The van der Waals surface area contributed by atoms with Gasteiger partial charge in [-0.05, 0) is 49.4 Å². The highest BCUT2D eigenvalue weighted by molar-refractivity contribution is 7.17. The summed E-state index contributed by atoms with van der Waals surface area (Å²) in [6, 6.07) is 14.5. The number of amides is 1. The molecule has 2 aromatic carbocycles. The number of nitrogens with one attached hydrogen (secondary N) is 2. The lowest BCUT2D eigenvalue weighted by molar-refractivity contribution is -0.119. The van der Waals surface area contributed by atoms with Crippen LogP contribution in [0.5, 0.6) is 0 Å². The first-order valence-corrected chi connectivity index (χ1v) is 12.6. The Morgan fingerprint density at radius 2 is 1.78 bits per heavy atom. The number of rotatable bonds is 6. The van der Waals surface area contributed by atoms with Crippen molar-refractivity contribution in [3.8, 4) is 11.4 Å². The summed E-state index contributed by atoms with van der Waals surface area (Å²) in [4.78, 5) is 47.0. The first kappa shape index (κ1) is 23.7. The number of thiophene rings is 1. The zero-order valence-electron chi connectivity index (χ0n) is 19.8. The van der Waals surface area contributed by atoms with Gasteiger partial charge in [0.2, 0.25) is 0 Å². The molecule has 5 rings (SSSR count). The van der Waals surface area contributed by atoms with Crippen molar-refractivity contribution in [1.29, 1.82) is 0 Å². The number of aromatic nitrogens is 2. The van der Waals surface area contributed by atoms with Crippen LogP contribution in [0.3, 0.4) is 0 Å². The van der Waals surface area contributed by atoms with Gasteiger partial charge >= 0.3 is 11.9 Å². The first-order valence-electron chi connectivity index (χ1n) is 11.8. The van der Waals surface area contributed by atoms with Gasteiger partial charge in [0.05, 0.1) is 29.3 Å². The summed E-state index contributed by atoms with van der Waals surface area (Å²) in [5.41, 5.74) is 3.87. The van der Waals surface area contributed by atoms with Crippen LogP contribution in [0.2, 0.25) is 0 Å². The van der Waals surface area contributed by atoms with Crippen molar-refractivity contribution < 1.29 is 23.9 Å². The Hall–Kier alpha value is -3.98. The second kappa shape index (κ2) is 10.3. The van der Waals surface area contributed by atoms with Crippen molar-refractivity contribution in [2.24, 2.45) is 0 Å². The van der Waals surface area contributed by atoms with Crippen LogP contribution in [0, 0.1) is 0 Å². The fourth-order valence-corrected chi connectivity index (χ4v) is 5.76. The van der Waals surface area contributed by atoms with E-state index >= 15 is 0 Å². The third kappa shape index (κ3) is 4.74. The molecule has 2 N–H and O–H groups in total. The van der Waals surface area contributed by atoms with Gasteiger partial charge in [0.15, 0.2) is 6.61 Å². The highest BCUT2D eigenvalue weighted by Gasteiger charge is 2.26. The molecule has 184 valence electrons. The second-order valence-corrected chi connectivity index (χ2v) is 9.64. The molecule has 4 aromatic rings. The van der Waals surface area contributed by atoms with Crippen LogP contribution in [0.25, 0.3) is 22.4 Å². The Morgan fingerprint density at radius 1 is 1.00 bits per heavy atom. The maximum absolute atomic E-state index is 12.9. The lowest BCUT2D eigenvalue weighted by Gasteiger charge is -2.09. The number of hydrogen-bond donors (Lipinski definition) is 2. The van der Waals surface area contributed by atoms with Crippen molar-refractivity contribution in [2.75, 3.05) is 19.0 Å². The van der Waals surface area contributed by atoms with Gasteiger partial charge in [-0.1, -0.05) is 36.8 Å². The average molecular weight is 504 g/mol. The minimum Gasteiger partial charge on any atom is -0.465 e. The molecule has 1 aliphatic carbocycles. The van der Waals surface area contributed by atoms with Crippen molar-refractivity contribution >= 4 is 45.2 Å².